The summed E-state index contributed by atoms with van der Waals surface area (Å²) < 4.78 is 0. The van der Waals surface area contributed by atoms with E-state index in [9.17, 15) is 9.59 Å². The molecule has 8 atom stereocenters. The van der Waals surface area contributed by atoms with Crippen LogP contribution in [0.1, 0.15) is 64.0 Å². The number of carbonyl (C=O) groups is 2. The van der Waals surface area contributed by atoms with E-state index in [0.29, 0.717) is 29.7 Å². The van der Waals surface area contributed by atoms with E-state index in [4.69, 9.17) is 0 Å². The Morgan fingerprint density at radius 2 is 1.94 bits per heavy atom. The van der Waals surface area contributed by atoms with Gasteiger partial charge in [0.05, 0.1) is 6.04 Å². The molecular formula is C27H35N5O2. The van der Waals surface area contributed by atoms with Gasteiger partial charge < -0.3 is 10.2 Å². The fourth-order valence-electron chi connectivity index (χ4n) is 8.90. The van der Waals surface area contributed by atoms with Gasteiger partial charge in [0.25, 0.3) is 0 Å². The molecule has 1 aliphatic heterocycles. The summed E-state index contributed by atoms with van der Waals surface area (Å²) >= 11 is 0. The van der Waals surface area contributed by atoms with Crippen molar-refractivity contribution in [2.24, 2.45) is 34.5 Å². The second-order valence-electron chi connectivity index (χ2n) is 11.7. The second-order valence-corrected chi connectivity index (χ2v) is 11.7. The number of carbonyl (C=O) groups excluding carboxylic acids is 2. The highest BCUT2D eigenvalue weighted by atomic mass is 16.2. The van der Waals surface area contributed by atoms with Crippen LogP contribution in [0.3, 0.4) is 0 Å². The SMILES string of the molecule is CN1C(=O)C=C[C@@]2(C)C1CC[C@@H]1[C@H]2CC[C@]2(C)C(C(NC=O)c3ccc4n[nH]nc4c3)CC[C@@H]12. The van der Waals surface area contributed by atoms with E-state index in [2.05, 4.69) is 52.8 Å². The van der Waals surface area contributed by atoms with Gasteiger partial charge in [-0.3, -0.25) is 9.59 Å². The van der Waals surface area contributed by atoms with Crippen molar-refractivity contribution >= 4 is 23.4 Å². The van der Waals surface area contributed by atoms with Gasteiger partial charge >= 0.3 is 0 Å². The predicted octanol–water partition coefficient (Wildman–Crippen LogP) is 4.00. The summed E-state index contributed by atoms with van der Waals surface area (Å²) in [6, 6.07) is 6.46. The molecule has 34 heavy (non-hydrogen) atoms. The Morgan fingerprint density at radius 3 is 2.76 bits per heavy atom. The fourth-order valence-corrected chi connectivity index (χ4v) is 8.90. The third kappa shape index (κ3) is 2.94. The van der Waals surface area contributed by atoms with Crippen molar-refractivity contribution in [1.29, 1.82) is 0 Å². The number of aromatic nitrogens is 3. The molecule has 2 heterocycles. The van der Waals surface area contributed by atoms with Crippen molar-refractivity contribution in [2.75, 3.05) is 7.05 Å². The van der Waals surface area contributed by atoms with Crippen LogP contribution in [0, 0.1) is 34.5 Å². The lowest BCUT2D eigenvalue weighted by Gasteiger charge is -2.60. The number of nitrogens with zero attached hydrogens (tertiary/aromatic N) is 3. The van der Waals surface area contributed by atoms with Crippen LogP contribution in [0.15, 0.2) is 30.4 Å². The Morgan fingerprint density at radius 1 is 1.12 bits per heavy atom. The van der Waals surface area contributed by atoms with Crippen LogP contribution in [0.25, 0.3) is 11.0 Å². The van der Waals surface area contributed by atoms with E-state index in [0.717, 1.165) is 35.8 Å². The molecule has 2 N–H and O–H groups in total. The Kier molecular flexibility index (Phi) is 4.91. The van der Waals surface area contributed by atoms with Crippen LogP contribution >= 0.6 is 0 Å². The van der Waals surface area contributed by atoms with Crippen molar-refractivity contribution in [3.63, 3.8) is 0 Å². The molecule has 3 fully saturated rings. The normalized spacial score (nSPS) is 39.9. The van der Waals surface area contributed by atoms with Crippen molar-refractivity contribution in [2.45, 2.75) is 64.5 Å². The van der Waals surface area contributed by atoms with Crippen LogP contribution in [-0.4, -0.2) is 45.7 Å². The topological polar surface area (TPSA) is 91.0 Å². The molecule has 2 aromatic rings. The molecule has 0 radical (unpaired) electrons. The Bertz CT molecular complexity index is 1160. The average Bonchev–Trinajstić information content (AvgIpc) is 3.43. The van der Waals surface area contributed by atoms with Crippen molar-refractivity contribution in [3.8, 4) is 0 Å². The highest BCUT2D eigenvalue weighted by molar-refractivity contribution is 5.89. The first-order valence-electron chi connectivity index (χ1n) is 12.8. The number of amides is 2. The molecule has 3 unspecified atom stereocenters. The minimum absolute atomic E-state index is 0.0181. The number of hydrogen-bond donors (Lipinski definition) is 2. The molecule has 0 bridgehead atoms. The summed E-state index contributed by atoms with van der Waals surface area (Å²) in [5.74, 6) is 2.47. The molecule has 0 spiro atoms. The molecular weight excluding hydrogens is 426 g/mol. The zero-order valence-corrected chi connectivity index (χ0v) is 20.3. The number of benzene rings is 1. The van der Waals surface area contributed by atoms with Gasteiger partial charge in [-0.2, -0.15) is 15.4 Å². The van der Waals surface area contributed by atoms with Crippen LogP contribution < -0.4 is 5.32 Å². The maximum Gasteiger partial charge on any atom is 0.246 e. The van der Waals surface area contributed by atoms with E-state index in [1.165, 1.54) is 25.7 Å². The van der Waals surface area contributed by atoms with Crippen molar-refractivity contribution in [1.82, 2.24) is 25.6 Å². The van der Waals surface area contributed by atoms with Crippen molar-refractivity contribution in [3.05, 3.63) is 35.9 Å². The van der Waals surface area contributed by atoms with E-state index in [-0.39, 0.29) is 22.8 Å². The van der Waals surface area contributed by atoms with E-state index < -0.39 is 0 Å². The number of likely N-dealkylation sites (N-methyl/N-ethyl adjacent to an activating group) is 1. The molecule has 1 aromatic carbocycles. The highest BCUT2D eigenvalue weighted by Gasteiger charge is 2.61. The second kappa shape index (κ2) is 7.65. The first kappa shape index (κ1) is 21.8. The first-order chi connectivity index (χ1) is 16.4. The maximum absolute atomic E-state index is 12.4. The van der Waals surface area contributed by atoms with E-state index >= 15 is 0 Å². The number of H-pyrrole nitrogens is 1. The average molecular weight is 462 g/mol. The molecule has 7 nitrogen and oxygen atoms in total. The molecule has 0 saturated heterocycles. The van der Waals surface area contributed by atoms with Crippen molar-refractivity contribution < 1.29 is 9.59 Å². The van der Waals surface area contributed by atoms with Crippen LogP contribution in [0.2, 0.25) is 0 Å². The Balaban J connectivity index is 1.32. The van der Waals surface area contributed by atoms with Gasteiger partial charge in [0.1, 0.15) is 11.0 Å². The minimum Gasteiger partial charge on any atom is -0.352 e. The summed E-state index contributed by atoms with van der Waals surface area (Å²) in [6.07, 6.45) is 11.9. The maximum atomic E-state index is 12.4. The van der Waals surface area contributed by atoms with Gasteiger partial charge in [0.15, 0.2) is 0 Å². The molecule has 1 aromatic heterocycles. The molecule has 7 heteroatoms. The van der Waals surface area contributed by atoms with Crippen LogP contribution in [0.4, 0.5) is 0 Å². The summed E-state index contributed by atoms with van der Waals surface area (Å²) in [7, 11) is 1.98. The standard InChI is InChI=1S/C27H35N5O2/c1-26-12-10-19-17(5-9-23-27(19,2)13-11-24(34)32(23)3)18(26)6-7-20(26)25(28-15-33)16-4-8-21-22(14-16)30-31-29-21/h4,8,11,13-15,17-20,23,25H,5-7,9-10,12H2,1-3H3,(H,28,33)(H,29,30,31)/t17-,18-,19+,20?,23?,25?,26-,27+/m0/s1. The number of hydrogen-bond acceptors (Lipinski definition) is 4. The number of fused-ring (bicyclic) bond motifs is 6. The lowest BCUT2D eigenvalue weighted by molar-refractivity contribution is -0.139. The minimum atomic E-state index is -0.0181. The van der Waals surface area contributed by atoms with Gasteiger partial charge in [-0.15, -0.1) is 0 Å². The predicted molar refractivity (Wildman–Crippen MR) is 129 cm³/mol. The first-order valence-corrected chi connectivity index (χ1v) is 12.8. The summed E-state index contributed by atoms with van der Waals surface area (Å²) in [6.45, 7) is 4.88. The summed E-state index contributed by atoms with van der Waals surface area (Å²) in [4.78, 5) is 26.1. The molecule has 6 rings (SSSR count). The smallest absolute Gasteiger partial charge is 0.246 e. The van der Waals surface area contributed by atoms with E-state index in [1.807, 2.05) is 24.1 Å². The lowest BCUT2D eigenvalue weighted by atomic mass is 9.47. The van der Waals surface area contributed by atoms with E-state index in [1.54, 1.807) is 0 Å². The molecule has 3 aliphatic carbocycles. The molecule has 3 saturated carbocycles. The van der Waals surface area contributed by atoms with Gasteiger partial charge in [-0.05, 0) is 91.4 Å². The molecule has 2 amide bonds. The van der Waals surface area contributed by atoms with Gasteiger partial charge in [0, 0.05) is 18.5 Å². The number of aromatic amines is 1. The zero-order valence-electron chi connectivity index (χ0n) is 20.3. The lowest BCUT2D eigenvalue weighted by Crippen LogP contribution is -2.59. The quantitative estimate of drug-likeness (QED) is 0.674. The Hall–Kier alpha value is -2.70. The monoisotopic (exact) mass is 461 g/mol. The third-order valence-electron chi connectivity index (χ3n) is 10.6. The largest absolute Gasteiger partial charge is 0.352 e. The highest BCUT2D eigenvalue weighted by Crippen LogP contribution is 2.67. The summed E-state index contributed by atoms with van der Waals surface area (Å²) in [5, 5.41) is 14.4. The van der Waals surface area contributed by atoms with Crippen LogP contribution in [-0.2, 0) is 9.59 Å². The Labute approximate surface area is 200 Å². The molecule has 4 aliphatic rings. The molecule has 180 valence electrons. The number of rotatable bonds is 4. The van der Waals surface area contributed by atoms with Crippen LogP contribution in [0.5, 0.6) is 0 Å². The zero-order chi connectivity index (χ0) is 23.7. The fraction of sp³-hybridized carbons (Fsp3) is 0.630. The van der Waals surface area contributed by atoms with Gasteiger partial charge in [-0.1, -0.05) is 26.0 Å². The summed E-state index contributed by atoms with van der Waals surface area (Å²) in [5.41, 5.74) is 3.05. The van der Waals surface area contributed by atoms with Gasteiger partial charge in [0.2, 0.25) is 12.3 Å². The van der Waals surface area contributed by atoms with Gasteiger partial charge in [-0.25, -0.2) is 0 Å². The third-order valence-corrected chi connectivity index (χ3v) is 10.6. The number of nitrogens with one attached hydrogen (secondary N) is 2.